The van der Waals surface area contributed by atoms with E-state index < -0.39 is 28.1 Å². The summed E-state index contributed by atoms with van der Waals surface area (Å²) >= 11 is 0. The zero-order valence-corrected chi connectivity index (χ0v) is 16.8. The molecule has 0 saturated carbocycles. The Labute approximate surface area is 169 Å². The highest BCUT2D eigenvalue weighted by molar-refractivity contribution is 7.89. The lowest BCUT2D eigenvalue weighted by molar-refractivity contribution is -0.139. The van der Waals surface area contributed by atoms with Crippen LogP contribution in [0.25, 0.3) is 0 Å². The maximum Gasteiger partial charge on any atom is 0.309 e. The molecule has 2 aromatic carbocycles. The lowest BCUT2D eigenvalue weighted by Gasteiger charge is -2.22. The van der Waals surface area contributed by atoms with Crippen molar-refractivity contribution in [2.24, 2.45) is 0 Å². The molecule has 2 amide bonds. The lowest BCUT2D eigenvalue weighted by atomic mass is 10.1. The van der Waals surface area contributed by atoms with Crippen LogP contribution in [0.15, 0.2) is 59.5 Å². The van der Waals surface area contributed by atoms with Crippen LogP contribution in [-0.2, 0) is 30.9 Å². The number of benzene rings is 2. The van der Waals surface area contributed by atoms with Gasteiger partial charge < -0.3 is 15.4 Å². The molecule has 29 heavy (non-hydrogen) atoms. The Kier molecular flexibility index (Phi) is 6.63. The summed E-state index contributed by atoms with van der Waals surface area (Å²) in [5.74, 6) is -1.63. The molecular formula is C20H23N3O5S. The molecule has 1 aliphatic rings. The minimum atomic E-state index is -3.75. The van der Waals surface area contributed by atoms with Crippen molar-refractivity contribution in [1.82, 2.24) is 14.9 Å². The van der Waals surface area contributed by atoms with Crippen LogP contribution in [-0.4, -0.2) is 50.5 Å². The van der Waals surface area contributed by atoms with E-state index in [1.807, 2.05) is 31.2 Å². The molecule has 0 bridgehead atoms. The zero-order valence-electron chi connectivity index (χ0n) is 16.0. The summed E-state index contributed by atoms with van der Waals surface area (Å²) in [5.41, 5.74) is 1.97. The third-order valence-corrected chi connectivity index (χ3v) is 6.41. The smallest absolute Gasteiger partial charge is 0.309 e. The number of nitrogens with zero attached hydrogens (tertiary/aromatic N) is 1. The van der Waals surface area contributed by atoms with Crippen molar-refractivity contribution in [2.75, 3.05) is 19.7 Å². The Morgan fingerprint density at radius 2 is 1.69 bits per heavy atom. The first-order chi connectivity index (χ1) is 13.9. The Bertz CT molecular complexity index is 961. The van der Waals surface area contributed by atoms with Gasteiger partial charge in [-0.3, -0.25) is 9.59 Å². The predicted molar refractivity (Wildman–Crippen MR) is 106 cm³/mol. The number of carbonyl (C=O) groups is 2. The lowest BCUT2D eigenvalue weighted by Crippen LogP contribution is -2.47. The SMILES string of the molecule is Cc1ccc(CNC(=O)C(=O)NC[C@@H]2OCCN2S(=O)(=O)c2ccccc2)cc1. The second-order valence-corrected chi connectivity index (χ2v) is 8.52. The van der Waals surface area contributed by atoms with E-state index in [1.54, 1.807) is 18.2 Å². The van der Waals surface area contributed by atoms with Gasteiger partial charge in [0.1, 0.15) is 6.23 Å². The predicted octanol–water partition coefficient (Wildman–Crippen LogP) is 0.775. The van der Waals surface area contributed by atoms with Crippen molar-refractivity contribution in [3.05, 3.63) is 65.7 Å². The number of hydrogen-bond donors (Lipinski definition) is 2. The average molecular weight is 417 g/mol. The number of ether oxygens (including phenoxy) is 1. The molecule has 0 aromatic heterocycles. The van der Waals surface area contributed by atoms with E-state index in [0.717, 1.165) is 11.1 Å². The van der Waals surface area contributed by atoms with Gasteiger partial charge in [-0.1, -0.05) is 48.0 Å². The molecule has 154 valence electrons. The van der Waals surface area contributed by atoms with Crippen molar-refractivity contribution in [3.8, 4) is 0 Å². The van der Waals surface area contributed by atoms with E-state index in [4.69, 9.17) is 4.74 Å². The minimum Gasteiger partial charge on any atom is -0.359 e. The first-order valence-electron chi connectivity index (χ1n) is 9.18. The van der Waals surface area contributed by atoms with Crippen LogP contribution in [0, 0.1) is 6.92 Å². The van der Waals surface area contributed by atoms with E-state index in [9.17, 15) is 18.0 Å². The van der Waals surface area contributed by atoms with Crippen LogP contribution in [0.1, 0.15) is 11.1 Å². The Morgan fingerprint density at radius 1 is 1.03 bits per heavy atom. The van der Waals surface area contributed by atoms with E-state index in [-0.39, 0.29) is 31.1 Å². The molecular weight excluding hydrogens is 394 g/mol. The zero-order chi connectivity index (χ0) is 20.9. The van der Waals surface area contributed by atoms with E-state index in [0.29, 0.717) is 0 Å². The number of sulfonamides is 1. The molecule has 0 aliphatic carbocycles. The number of rotatable bonds is 6. The fourth-order valence-electron chi connectivity index (χ4n) is 2.90. The quantitative estimate of drug-likeness (QED) is 0.676. The third kappa shape index (κ3) is 5.20. The Morgan fingerprint density at radius 3 is 2.38 bits per heavy atom. The van der Waals surface area contributed by atoms with Gasteiger partial charge in [-0.2, -0.15) is 4.31 Å². The van der Waals surface area contributed by atoms with E-state index >= 15 is 0 Å². The van der Waals surface area contributed by atoms with E-state index in [2.05, 4.69) is 10.6 Å². The van der Waals surface area contributed by atoms with Crippen LogP contribution >= 0.6 is 0 Å². The van der Waals surface area contributed by atoms with Gasteiger partial charge in [0, 0.05) is 13.1 Å². The molecule has 1 fully saturated rings. The first kappa shape index (κ1) is 21.0. The van der Waals surface area contributed by atoms with Gasteiger partial charge in [-0.25, -0.2) is 8.42 Å². The summed E-state index contributed by atoms with van der Waals surface area (Å²) < 4.78 is 32.2. The summed E-state index contributed by atoms with van der Waals surface area (Å²) in [6.45, 7) is 2.45. The summed E-state index contributed by atoms with van der Waals surface area (Å²) in [7, 11) is -3.75. The highest BCUT2D eigenvalue weighted by atomic mass is 32.2. The normalized spacial score (nSPS) is 17.1. The van der Waals surface area contributed by atoms with Gasteiger partial charge in [0.15, 0.2) is 0 Å². The van der Waals surface area contributed by atoms with Gasteiger partial charge in [0.05, 0.1) is 18.0 Å². The van der Waals surface area contributed by atoms with Gasteiger partial charge in [-0.05, 0) is 24.6 Å². The summed E-state index contributed by atoms with van der Waals surface area (Å²) in [6.07, 6.45) is -0.867. The molecule has 2 N–H and O–H groups in total. The van der Waals surface area contributed by atoms with Crippen LogP contribution in [0.2, 0.25) is 0 Å². The molecule has 1 atom stereocenters. The number of hydrogen-bond acceptors (Lipinski definition) is 5. The average Bonchev–Trinajstić information content (AvgIpc) is 3.21. The molecule has 2 aromatic rings. The van der Waals surface area contributed by atoms with Gasteiger partial charge >= 0.3 is 11.8 Å². The number of amides is 2. The Hall–Kier alpha value is -2.75. The third-order valence-electron chi connectivity index (χ3n) is 4.51. The molecule has 0 spiro atoms. The number of carbonyl (C=O) groups excluding carboxylic acids is 2. The molecule has 0 radical (unpaired) electrons. The van der Waals surface area contributed by atoms with Crippen molar-refractivity contribution in [2.45, 2.75) is 24.6 Å². The minimum absolute atomic E-state index is 0.122. The molecule has 3 rings (SSSR count). The largest absolute Gasteiger partial charge is 0.359 e. The fraction of sp³-hybridized carbons (Fsp3) is 0.300. The summed E-state index contributed by atoms with van der Waals surface area (Å²) in [4.78, 5) is 24.2. The van der Waals surface area contributed by atoms with Crippen LogP contribution < -0.4 is 10.6 Å². The highest BCUT2D eigenvalue weighted by Gasteiger charge is 2.36. The van der Waals surface area contributed by atoms with Gasteiger partial charge in [0.2, 0.25) is 10.0 Å². The molecule has 1 heterocycles. The van der Waals surface area contributed by atoms with Gasteiger partial charge in [0.25, 0.3) is 0 Å². The second-order valence-electron chi connectivity index (χ2n) is 6.63. The molecule has 9 heteroatoms. The summed E-state index contributed by atoms with van der Waals surface area (Å²) in [5, 5.41) is 4.98. The standard InChI is InChI=1S/C20H23N3O5S/c1-15-7-9-16(10-8-15)13-21-19(24)20(25)22-14-18-23(11-12-28-18)29(26,27)17-5-3-2-4-6-17/h2-10,18H,11-14H2,1H3,(H,21,24)(H,22,25)/t18-/m0/s1. The van der Waals surface area contributed by atoms with Crippen molar-refractivity contribution >= 4 is 21.8 Å². The van der Waals surface area contributed by atoms with Crippen LogP contribution in [0.3, 0.4) is 0 Å². The van der Waals surface area contributed by atoms with Crippen molar-refractivity contribution in [1.29, 1.82) is 0 Å². The van der Waals surface area contributed by atoms with E-state index in [1.165, 1.54) is 16.4 Å². The van der Waals surface area contributed by atoms with Crippen LogP contribution in [0.5, 0.6) is 0 Å². The number of aryl methyl sites for hydroxylation is 1. The monoisotopic (exact) mass is 417 g/mol. The first-order valence-corrected chi connectivity index (χ1v) is 10.6. The molecule has 8 nitrogen and oxygen atoms in total. The fourth-order valence-corrected chi connectivity index (χ4v) is 4.43. The topological polar surface area (TPSA) is 105 Å². The molecule has 1 saturated heterocycles. The molecule has 0 unspecified atom stereocenters. The maximum atomic E-state index is 12.8. The van der Waals surface area contributed by atoms with Crippen molar-refractivity contribution < 1.29 is 22.7 Å². The molecule has 1 aliphatic heterocycles. The maximum absolute atomic E-state index is 12.8. The number of nitrogens with one attached hydrogen (secondary N) is 2. The summed E-state index contributed by atoms with van der Waals surface area (Å²) in [6, 6.07) is 15.6. The van der Waals surface area contributed by atoms with Crippen LogP contribution in [0.4, 0.5) is 0 Å². The second kappa shape index (κ2) is 9.17. The Balaban J connectivity index is 1.53. The van der Waals surface area contributed by atoms with Gasteiger partial charge in [-0.15, -0.1) is 0 Å². The van der Waals surface area contributed by atoms with Crippen molar-refractivity contribution in [3.63, 3.8) is 0 Å². The highest BCUT2D eigenvalue weighted by Crippen LogP contribution is 2.21.